The highest BCUT2D eigenvalue weighted by atomic mass is 35.5. The molecule has 3 rings (SSSR count). The van der Waals surface area contributed by atoms with Crippen molar-refractivity contribution in [3.05, 3.63) is 93.1 Å². The number of benzene rings is 2. The monoisotopic (exact) mass is 385 g/mol. The van der Waals surface area contributed by atoms with Gasteiger partial charge in [-0.15, -0.1) is 11.3 Å². The highest BCUT2D eigenvalue weighted by Crippen LogP contribution is 2.23. The number of carbonyl (C=O) groups excluding carboxylic acids is 2. The lowest BCUT2D eigenvalue weighted by molar-refractivity contribution is -0.130. The van der Waals surface area contributed by atoms with Gasteiger partial charge in [0.1, 0.15) is 4.88 Å². The molecule has 2 aromatic carbocycles. The second kappa shape index (κ2) is 8.65. The van der Waals surface area contributed by atoms with Gasteiger partial charge in [0, 0.05) is 17.1 Å². The van der Waals surface area contributed by atoms with Crippen LogP contribution in [-0.4, -0.2) is 11.9 Å². The SMILES string of the molecule is O=C(OC(C(=O)NCc1ccccc1)c1ccc(Cl)cc1)c1cccs1. The van der Waals surface area contributed by atoms with Gasteiger partial charge in [0.25, 0.3) is 5.91 Å². The minimum Gasteiger partial charge on any atom is -0.443 e. The molecular weight excluding hydrogens is 370 g/mol. The van der Waals surface area contributed by atoms with Crippen molar-refractivity contribution < 1.29 is 14.3 Å². The van der Waals surface area contributed by atoms with Gasteiger partial charge in [0.2, 0.25) is 6.10 Å². The van der Waals surface area contributed by atoms with Crippen LogP contribution >= 0.6 is 22.9 Å². The largest absolute Gasteiger partial charge is 0.443 e. The molecule has 1 aromatic heterocycles. The maximum atomic E-state index is 12.7. The predicted molar refractivity (Wildman–Crippen MR) is 102 cm³/mol. The van der Waals surface area contributed by atoms with E-state index in [9.17, 15) is 9.59 Å². The summed E-state index contributed by atoms with van der Waals surface area (Å²) in [6.07, 6.45) is -1.05. The van der Waals surface area contributed by atoms with Crippen LogP contribution in [0.1, 0.15) is 26.9 Å². The van der Waals surface area contributed by atoms with Gasteiger partial charge in [-0.2, -0.15) is 0 Å². The molecule has 1 N–H and O–H groups in total. The zero-order valence-electron chi connectivity index (χ0n) is 13.7. The first-order valence-corrected chi connectivity index (χ1v) is 9.21. The first kappa shape index (κ1) is 18.2. The molecule has 0 aliphatic heterocycles. The average molecular weight is 386 g/mol. The van der Waals surface area contributed by atoms with E-state index >= 15 is 0 Å². The number of hydrogen-bond donors (Lipinski definition) is 1. The van der Waals surface area contributed by atoms with Crippen molar-refractivity contribution in [1.82, 2.24) is 5.32 Å². The standard InChI is InChI=1S/C20H16ClNO3S/c21-16-10-8-15(9-11-16)18(25-20(24)17-7-4-12-26-17)19(23)22-13-14-5-2-1-3-6-14/h1-12,18H,13H2,(H,22,23). The van der Waals surface area contributed by atoms with Gasteiger partial charge in [-0.3, -0.25) is 4.79 Å². The molecule has 0 spiro atoms. The number of rotatable bonds is 6. The van der Waals surface area contributed by atoms with Crippen molar-refractivity contribution in [2.24, 2.45) is 0 Å². The molecule has 1 atom stereocenters. The number of halogens is 1. The summed E-state index contributed by atoms with van der Waals surface area (Å²) in [4.78, 5) is 25.5. The summed E-state index contributed by atoms with van der Waals surface area (Å²) in [5.74, 6) is -0.920. The summed E-state index contributed by atoms with van der Waals surface area (Å²) >= 11 is 7.18. The topological polar surface area (TPSA) is 55.4 Å². The van der Waals surface area contributed by atoms with E-state index in [4.69, 9.17) is 16.3 Å². The lowest BCUT2D eigenvalue weighted by Crippen LogP contribution is -2.31. The van der Waals surface area contributed by atoms with Gasteiger partial charge in [0.05, 0.1) is 0 Å². The van der Waals surface area contributed by atoms with E-state index in [0.717, 1.165) is 5.56 Å². The van der Waals surface area contributed by atoms with Crippen molar-refractivity contribution in [3.8, 4) is 0 Å². The third kappa shape index (κ3) is 4.71. The van der Waals surface area contributed by atoms with E-state index in [0.29, 0.717) is 22.0 Å². The van der Waals surface area contributed by atoms with Crippen molar-refractivity contribution in [2.75, 3.05) is 0 Å². The van der Waals surface area contributed by atoms with Crippen LogP contribution in [0.25, 0.3) is 0 Å². The van der Waals surface area contributed by atoms with Crippen LogP contribution in [0.5, 0.6) is 0 Å². The quantitative estimate of drug-likeness (QED) is 0.630. The first-order chi connectivity index (χ1) is 12.6. The Bertz CT molecular complexity index is 864. The lowest BCUT2D eigenvalue weighted by atomic mass is 10.1. The molecule has 0 aliphatic carbocycles. The zero-order valence-corrected chi connectivity index (χ0v) is 15.3. The van der Waals surface area contributed by atoms with Crippen molar-refractivity contribution in [1.29, 1.82) is 0 Å². The number of amides is 1. The van der Waals surface area contributed by atoms with E-state index in [-0.39, 0.29) is 5.91 Å². The molecule has 4 nitrogen and oxygen atoms in total. The number of esters is 1. The Hall–Kier alpha value is -2.63. The fourth-order valence-electron chi connectivity index (χ4n) is 2.35. The van der Waals surface area contributed by atoms with E-state index < -0.39 is 12.1 Å². The van der Waals surface area contributed by atoms with Gasteiger partial charge in [0.15, 0.2) is 0 Å². The summed E-state index contributed by atoms with van der Waals surface area (Å²) in [5, 5.41) is 5.14. The Kier molecular flexibility index (Phi) is 6.04. The van der Waals surface area contributed by atoms with Crippen LogP contribution in [0.15, 0.2) is 72.1 Å². The molecule has 26 heavy (non-hydrogen) atoms. The molecular formula is C20H16ClNO3S. The molecule has 1 heterocycles. The molecule has 0 saturated heterocycles. The van der Waals surface area contributed by atoms with Crippen molar-refractivity contribution in [3.63, 3.8) is 0 Å². The van der Waals surface area contributed by atoms with Gasteiger partial charge in [-0.25, -0.2) is 4.79 Å². The third-order valence-corrected chi connectivity index (χ3v) is 4.77. The van der Waals surface area contributed by atoms with Gasteiger partial charge >= 0.3 is 5.97 Å². The molecule has 0 fully saturated rings. The van der Waals surface area contributed by atoms with Crippen LogP contribution in [0.4, 0.5) is 0 Å². The van der Waals surface area contributed by atoms with Crippen LogP contribution in [0, 0.1) is 0 Å². The van der Waals surface area contributed by atoms with E-state index in [1.807, 2.05) is 30.3 Å². The van der Waals surface area contributed by atoms with E-state index in [1.165, 1.54) is 11.3 Å². The summed E-state index contributed by atoms with van der Waals surface area (Å²) in [7, 11) is 0. The van der Waals surface area contributed by atoms with Crippen molar-refractivity contribution in [2.45, 2.75) is 12.6 Å². The number of carbonyl (C=O) groups is 2. The summed E-state index contributed by atoms with van der Waals surface area (Å²) in [5.41, 5.74) is 1.52. The second-order valence-electron chi connectivity index (χ2n) is 5.52. The zero-order chi connectivity index (χ0) is 18.4. The van der Waals surface area contributed by atoms with Crippen LogP contribution in [-0.2, 0) is 16.1 Å². The molecule has 0 bridgehead atoms. The predicted octanol–water partition coefficient (Wildman–Crippen LogP) is 4.62. The molecule has 132 valence electrons. The van der Waals surface area contributed by atoms with E-state index in [1.54, 1.807) is 41.8 Å². The fourth-order valence-corrected chi connectivity index (χ4v) is 3.08. The minimum absolute atomic E-state index is 0.348. The summed E-state index contributed by atoms with van der Waals surface area (Å²) < 4.78 is 5.49. The maximum absolute atomic E-state index is 12.7. The molecule has 1 amide bonds. The van der Waals surface area contributed by atoms with Crippen LogP contribution in [0.2, 0.25) is 5.02 Å². The number of ether oxygens (including phenoxy) is 1. The van der Waals surface area contributed by atoms with Gasteiger partial charge in [-0.05, 0) is 29.1 Å². The van der Waals surface area contributed by atoms with Crippen LogP contribution < -0.4 is 5.32 Å². The number of thiophene rings is 1. The molecule has 3 aromatic rings. The Balaban J connectivity index is 1.76. The number of hydrogen-bond acceptors (Lipinski definition) is 4. The Labute approximate surface area is 160 Å². The highest BCUT2D eigenvalue weighted by Gasteiger charge is 2.26. The molecule has 0 radical (unpaired) electrons. The lowest BCUT2D eigenvalue weighted by Gasteiger charge is -2.18. The summed E-state index contributed by atoms with van der Waals surface area (Å²) in [6.45, 7) is 0.348. The van der Waals surface area contributed by atoms with Gasteiger partial charge < -0.3 is 10.1 Å². The molecule has 6 heteroatoms. The minimum atomic E-state index is -1.05. The molecule has 0 saturated carbocycles. The molecule has 0 aliphatic rings. The first-order valence-electron chi connectivity index (χ1n) is 7.95. The fraction of sp³-hybridized carbons (Fsp3) is 0.100. The number of nitrogens with one attached hydrogen (secondary N) is 1. The third-order valence-electron chi connectivity index (χ3n) is 3.67. The Morgan fingerprint density at radius 2 is 1.73 bits per heavy atom. The second-order valence-corrected chi connectivity index (χ2v) is 6.90. The Morgan fingerprint density at radius 3 is 2.38 bits per heavy atom. The van der Waals surface area contributed by atoms with Crippen LogP contribution in [0.3, 0.4) is 0 Å². The van der Waals surface area contributed by atoms with Gasteiger partial charge in [-0.1, -0.05) is 60.1 Å². The van der Waals surface area contributed by atoms with Crippen molar-refractivity contribution >= 4 is 34.8 Å². The summed E-state index contributed by atoms with van der Waals surface area (Å²) in [6, 6.07) is 19.6. The maximum Gasteiger partial charge on any atom is 0.349 e. The van der Waals surface area contributed by atoms with E-state index in [2.05, 4.69) is 5.32 Å². The Morgan fingerprint density at radius 1 is 1.00 bits per heavy atom. The average Bonchev–Trinajstić information content (AvgIpc) is 3.21. The highest BCUT2D eigenvalue weighted by molar-refractivity contribution is 7.11. The molecule has 1 unspecified atom stereocenters. The normalized spacial score (nSPS) is 11.6. The smallest absolute Gasteiger partial charge is 0.349 e.